The first-order valence-electron chi connectivity index (χ1n) is 9.55. The highest BCUT2D eigenvalue weighted by Gasteiger charge is 2.31. The van der Waals surface area contributed by atoms with Crippen LogP contribution < -0.4 is 5.56 Å². The number of aliphatic hydroxyl groups excluding tert-OH is 1. The zero-order valence-electron chi connectivity index (χ0n) is 17.0. The summed E-state index contributed by atoms with van der Waals surface area (Å²) in [5.74, 6) is 1.20. The van der Waals surface area contributed by atoms with Crippen LogP contribution in [-0.4, -0.2) is 49.1 Å². The normalized spacial score (nSPS) is 14.3. The van der Waals surface area contributed by atoms with E-state index >= 15 is 0 Å². The highest BCUT2D eigenvalue weighted by atomic mass is 16.3. The number of nitrogens with zero attached hydrogens (tertiary/aromatic N) is 4. The monoisotopic (exact) mass is 396 g/mol. The van der Waals surface area contributed by atoms with Crippen molar-refractivity contribution in [3.05, 3.63) is 57.7 Å². The van der Waals surface area contributed by atoms with Gasteiger partial charge in [-0.25, -0.2) is 4.98 Å². The van der Waals surface area contributed by atoms with Gasteiger partial charge >= 0.3 is 0 Å². The molecule has 1 aliphatic rings. The number of likely N-dealkylation sites (tertiary alicyclic amines) is 1. The zero-order valence-corrected chi connectivity index (χ0v) is 17.0. The second kappa shape index (κ2) is 7.04. The van der Waals surface area contributed by atoms with Crippen LogP contribution in [0.2, 0.25) is 0 Å². The molecule has 1 saturated heterocycles. The SMILES string of the molecule is CC(C)=CCn1c(-c2cc(C)oc2C)cn2cc(C(=O)N3CC(O)C3)nc2c1=O. The summed E-state index contributed by atoms with van der Waals surface area (Å²) < 4.78 is 8.91. The first-order valence-corrected chi connectivity index (χ1v) is 9.55. The molecule has 1 fully saturated rings. The Labute approximate surface area is 167 Å². The van der Waals surface area contributed by atoms with Gasteiger partial charge in [0.1, 0.15) is 17.2 Å². The number of carbonyl (C=O) groups is 1. The molecule has 0 saturated carbocycles. The number of fused-ring (bicyclic) bond motifs is 1. The number of hydrogen-bond acceptors (Lipinski definition) is 5. The van der Waals surface area contributed by atoms with Crippen LogP contribution in [-0.2, 0) is 6.54 Å². The number of carbonyl (C=O) groups excluding carboxylic acids is 1. The van der Waals surface area contributed by atoms with Crippen LogP contribution in [0.3, 0.4) is 0 Å². The first-order chi connectivity index (χ1) is 13.7. The Morgan fingerprint density at radius 2 is 2.03 bits per heavy atom. The van der Waals surface area contributed by atoms with Crippen molar-refractivity contribution in [3.63, 3.8) is 0 Å². The molecule has 0 atom stereocenters. The van der Waals surface area contributed by atoms with Crippen LogP contribution in [0.5, 0.6) is 0 Å². The predicted molar refractivity (Wildman–Crippen MR) is 108 cm³/mol. The number of aryl methyl sites for hydroxylation is 2. The standard InChI is InChI=1S/C21H24N4O4/c1-12(2)5-6-25-18(16-7-13(3)29-14(16)4)11-23-10-17(22-19(23)21(25)28)20(27)24-8-15(26)9-24/h5,7,10-11,15,26H,6,8-9H2,1-4H3. The molecule has 4 rings (SSSR count). The molecule has 3 aromatic rings. The van der Waals surface area contributed by atoms with Gasteiger partial charge in [-0.2, -0.15) is 0 Å². The maximum atomic E-state index is 13.2. The maximum Gasteiger partial charge on any atom is 0.295 e. The molecular formula is C21H24N4O4. The van der Waals surface area contributed by atoms with Crippen molar-refractivity contribution in [3.8, 4) is 11.3 Å². The van der Waals surface area contributed by atoms with Gasteiger partial charge in [-0.15, -0.1) is 0 Å². The molecule has 4 heterocycles. The minimum atomic E-state index is -0.490. The lowest BCUT2D eigenvalue weighted by Gasteiger charge is -2.35. The van der Waals surface area contributed by atoms with E-state index in [-0.39, 0.29) is 35.9 Å². The molecule has 0 unspecified atom stereocenters. The summed E-state index contributed by atoms with van der Waals surface area (Å²) in [5.41, 5.74) is 2.73. The van der Waals surface area contributed by atoms with Crippen LogP contribution in [0.1, 0.15) is 35.9 Å². The number of furan rings is 1. The Hall–Kier alpha value is -3.13. The van der Waals surface area contributed by atoms with E-state index in [9.17, 15) is 14.7 Å². The van der Waals surface area contributed by atoms with Gasteiger partial charge < -0.3 is 14.4 Å². The van der Waals surface area contributed by atoms with Crippen molar-refractivity contribution < 1.29 is 14.3 Å². The minimum absolute atomic E-state index is 0.193. The Morgan fingerprint density at radius 3 is 2.62 bits per heavy atom. The molecule has 29 heavy (non-hydrogen) atoms. The zero-order chi connectivity index (χ0) is 20.9. The highest BCUT2D eigenvalue weighted by molar-refractivity contribution is 5.93. The predicted octanol–water partition coefficient (Wildman–Crippen LogP) is 2.16. The third kappa shape index (κ3) is 3.40. The lowest BCUT2D eigenvalue weighted by molar-refractivity contribution is 0.00555. The first kappa shape index (κ1) is 19.2. The number of rotatable bonds is 4. The molecule has 0 aliphatic carbocycles. The second-order valence-electron chi connectivity index (χ2n) is 7.76. The molecule has 1 aliphatic heterocycles. The van der Waals surface area contributed by atoms with Crippen LogP contribution in [0, 0.1) is 13.8 Å². The van der Waals surface area contributed by atoms with E-state index in [0.29, 0.717) is 12.2 Å². The topological polar surface area (TPSA) is 93.0 Å². The molecule has 3 aromatic heterocycles. The van der Waals surface area contributed by atoms with Crippen molar-refractivity contribution in [1.82, 2.24) is 18.9 Å². The lowest BCUT2D eigenvalue weighted by Crippen LogP contribution is -2.53. The van der Waals surface area contributed by atoms with Crippen LogP contribution in [0.15, 0.2) is 39.3 Å². The van der Waals surface area contributed by atoms with Crippen LogP contribution >= 0.6 is 0 Å². The number of hydrogen-bond donors (Lipinski definition) is 1. The largest absolute Gasteiger partial charge is 0.466 e. The minimum Gasteiger partial charge on any atom is -0.466 e. The summed E-state index contributed by atoms with van der Waals surface area (Å²) in [4.78, 5) is 31.6. The van der Waals surface area contributed by atoms with Gasteiger partial charge in [-0.1, -0.05) is 11.6 Å². The molecule has 8 heteroatoms. The summed E-state index contributed by atoms with van der Waals surface area (Å²) in [5, 5.41) is 9.44. The van der Waals surface area contributed by atoms with Crippen molar-refractivity contribution in [2.24, 2.45) is 0 Å². The molecule has 152 valence electrons. The van der Waals surface area contributed by atoms with Crippen molar-refractivity contribution in [2.75, 3.05) is 13.1 Å². The molecule has 0 aromatic carbocycles. The Morgan fingerprint density at radius 1 is 1.31 bits per heavy atom. The van der Waals surface area contributed by atoms with Gasteiger partial charge in [0, 0.05) is 37.6 Å². The van der Waals surface area contributed by atoms with E-state index in [0.717, 1.165) is 22.7 Å². The highest BCUT2D eigenvalue weighted by Crippen LogP contribution is 2.26. The van der Waals surface area contributed by atoms with E-state index < -0.39 is 6.10 Å². The molecule has 1 N–H and O–H groups in total. The van der Waals surface area contributed by atoms with Crippen molar-refractivity contribution in [1.29, 1.82) is 0 Å². The summed E-state index contributed by atoms with van der Waals surface area (Å²) in [6.45, 7) is 8.65. The van der Waals surface area contributed by atoms with E-state index in [2.05, 4.69) is 4.98 Å². The van der Waals surface area contributed by atoms with Gasteiger partial charge in [-0.05, 0) is 33.8 Å². The number of allylic oxidation sites excluding steroid dienone is 2. The van der Waals surface area contributed by atoms with E-state index in [1.54, 1.807) is 15.2 Å². The fourth-order valence-corrected chi connectivity index (χ4v) is 3.52. The van der Waals surface area contributed by atoms with Gasteiger partial charge in [-0.3, -0.25) is 18.6 Å². The lowest BCUT2D eigenvalue weighted by atomic mass is 10.1. The van der Waals surface area contributed by atoms with Crippen molar-refractivity contribution in [2.45, 2.75) is 40.3 Å². The fraction of sp³-hybridized carbons (Fsp3) is 0.381. The Bertz CT molecular complexity index is 1190. The van der Waals surface area contributed by atoms with Gasteiger partial charge in [0.2, 0.25) is 5.65 Å². The molecule has 0 spiro atoms. The third-order valence-electron chi connectivity index (χ3n) is 5.09. The summed E-state index contributed by atoms with van der Waals surface area (Å²) in [6.07, 6.45) is 4.86. The summed E-state index contributed by atoms with van der Waals surface area (Å²) >= 11 is 0. The number of aromatic nitrogens is 3. The van der Waals surface area contributed by atoms with Gasteiger partial charge in [0.15, 0.2) is 0 Å². The maximum absolute atomic E-state index is 13.2. The number of aliphatic hydroxyl groups is 1. The summed E-state index contributed by atoms with van der Waals surface area (Å²) in [7, 11) is 0. The van der Waals surface area contributed by atoms with E-state index in [4.69, 9.17) is 4.42 Å². The van der Waals surface area contributed by atoms with Gasteiger partial charge in [0.05, 0.1) is 11.8 Å². The molecule has 1 amide bonds. The van der Waals surface area contributed by atoms with Crippen molar-refractivity contribution >= 4 is 11.6 Å². The third-order valence-corrected chi connectivity index (χ3v) is 5.09. The quantitative estimate of drug-likeness (QED) is 0.682. The summed E-state index contributed by atoms with van der Waals surface area (Å²) in [6, 6.07) is 1.90. The molecular weight excluding hydrogens is 372 g/mol. The molecule has 8 nitrogen and oxygen atoms in total. The average Bonchev–Trinajstić information content (AvgIpc) is 3.20. The second-order valence-corrected chi connectivity index (χ2v) is 7.76. The van der Waals surface area contributed by atoms with E-state index in [1.807, 2.05) is 46.0 Å². The molecule has 0 bridgehead atoms. The Kier molecular flexibility index (Phi) is 4.66. The number of imidazole rings is 1. The van der Waals surface area contributed by atoms with Crippen LogP contribution in [0.25, 0.3) is 16.9 Å². The van der Waals surface area contributed by atoms with E-state index in [1.165, 1.54) is 4.90 Å². The fourth-order valence-electron chi connectivity index (χ4n) is 3.52. The number of β-amino-alcohol motifs (C(OH)–C–C–N with tert-alkyl or cyclic N) is 1. The smallest absolute Gasteiger partial charge is 0.295 e. The van der Waals surface area contributed by atoms with Gasteiger partial charge in [0.25, 0.3) is 11.5 Å². The Balaban J connectivity index is 1.87. The average molecular weight is 396 g/mol. The molecule has 0 radical (unpaired) electrons. The number of amides is 1. The van der Waals surface area contributed by atoms with Crippen LogP contribution in [0.4, 0.5) is 0 Å².